The van der Waals surface area contributed by atoms with Crippen LogP contribution in [-0.2, 0) is 19.4 Å². The van der Waals surface area contributed by atoms with E-state index in [4.69, 9.17) is 34.0 Å². The number of hydrogen-bond acceptors (Lipinski definition) is 7. The Labute approximate surface area is 214 Å². The SMILES string of the molecule is CCC(COC(c1ccccc1)(c1ccc(OC)cc1)c1ccc(OC)cc1)OP(N)OCCC#N. The zero-order chi connectivity index (χ0) is 25.8. The van der Waals surface area contributed by atoms with Crippen molar-refractivity contribution in [3.8, 4) is 17.6 Å². The second-order valence-corrected chi connectivity index (χ2v) is 9.02. The number of benzene rings is 3. The highest BCUT2D eigenvalue weighted by atomic mass is 31.2. The molecule has 0 spiro atoms. The minimum atomic E-state index is -1.62. The first-order chi connectivity index (χ1) is 17.6. The van der Waals surface area contributed by atoms with Gasteiger partial charge in [0, 0.05) is 0 Å². The fourth-order valence-electron chi connectivity index (χ4n) is 3.87. The van der Waals surface area contributed by atoms with Crippen molar-refractivity contribution in [1.82, 2.24) is 0 Å². The van der Waals surface area contributed by atoms with Crippen molar-refractivity contribution < 1.29 is 23.3 Å². The van der Waals surface area contributed by atoms with E-state index < -0.39 is 14.1 Å². The molecule has 0 aliphatic heterocycles. The molecule has 0 amide bonds. The summed E-state index contributed by atoms with van der Waals surface area (Å²) < 4.78 is 29.1. The van der Waals surface area contributed by atoms with Crippen LogP contribution in [0.1, 0.15) is 36.5 Å². The van der Waals surface area contributed by atoms with Crippen LogP contribution in [0.2, 0.25) is 0 Å². The van der Waals surface area contributed by atoms with Crippen LogP contribution in [0.3, 0.4) is 0 Å². The summed E-state index contributed by atoms with van der Waals surface area (Å²) in [4.78, 5) is 0. The van der Waals surface area contributed by atoms with Crippen LogP contribution >= 0.6 is 8.53 Å². The van der Waals surface area contributed by atoms with Crippen LogP contribution in [-0.4, -0.2) is 33.5 Å². The van der Waals surface area contributed by atoms with Gasteiger partial charge in [0.25, 0.3) is 8.53 Å². The zero-order valence-corrected chi connectivity index (χ0v) is 21.8. The van der Waals surface area contributed by atoms with Gasteiger partial charge in [0.1, 0.15) is 17.1 Å². The van der Waals surface area contributed by atoms with Gasteiger partial charge >= 0.3 is 0 Å². The largest absolute Gasteiger partial charge is 0.497 e. The molecular weight excluding hydrogens is 475 g/mol. The molecule has 190 valence electrons. The molecule has 3 rings (SSSR count). The van der Waals surface area contributed by atoms with Crippen molar-refractivity contribution in [2.24, 2.45) is 5.50 Å². The maximum absolute atomic E-state index is 8.73. The third kappa shape index (κ3) is 6.82. The smallest absolute Gasteiger partial charge is 0.253 e. The van der Waals surface area contributed by atoms with Gasteiger partial charge in [0.15, 0.2) is 0 Å². The Morgan fingerprint density at radius 3 is 1.86 bits per heavy atom. The molecule has 8 heteroatoms. The van der Waals surface area contributed by atoms with E-state index in [0.717, 1.165) is 28.2 Å². The molecule has 0 fully saturated rings. The van der Waals surface area contributed by atoms with Gasteiger partial charge in [-0.1, -0.05) is 61.5 Å². The van der Waals surface area contributed by atoms with Crippen LogP contribution in [0, 0.1) is 11.3 Å². The number of nitriles is 1. The van der Waals surface area contributed by atoms with Crippen molar-refractivity contribution in [3.63, 3.8) is 0 Å². The molecular formula is C28H33N2O5P. The van der Waals surface area contributed by atoms with E-state index in [2.05, 4.69) is 12.1 Å². The summed E-state index contributed by atoms with van der Waals surface area (Å²) in [6.45, 7) is 2.51. The second kappa shape index (κ2) is 13.9. The predicted molar refractivity (Wildman–Crippen MR) is 141 cm³/mol. The molecule has 7 nitrogen and oxygen atoms in total. The fourth-order valence-corrected chi connectivity index (χ4v) is 4.71. The molecule has 0 aliphatic rings. The van der Waals surface area contributed by atoms with Crippen molar-refractivity contribution in [1.29, 1.82) is 5.26 Å². The van der Waals surface area contributed by atoms with Crippen LogP contribution in [0.15, 0.2) is 78.9 Å². The fraction of sp³-hybridized carbons (Fsp3) is 0.321. The average molecular weight is 509 g/mol. The van der Waals surface area contributed by atoms with E-state index in [-0.39, 0.29) is 25.7 Å². The van der Waals surface area contributed by atoms with E-state index >= 15 is 0 Å². The van der Waals surface area contributed by atoms with Gasteiger partial charge in [-0.15, -0.1) is 0 Å². The second-order valence-electron chi connectivity index (χ2n) is 7.98. The molecule has 36 heavy (non-hydrogen) atoms. The van der Waals surface area contributed by atoms with Crippen molar-refractivity contribution in [2.45, 2.75) is 31.5 Å². The lowest BCUT2D eigenvalue weighted by Gasteiger charge is -2.37. The lowest BCUT2D eigenvalue weighted by molar-refractivity contribution is -0.0317. The first kappa shape index (κ1) is 27.6. The Bertz CT molecular complexity index is 1040. The van der Waals surface area contributed by atoms with Crippen molar-refractivity contribution in [3.05, 3.63) is 95.6 Å². The quantitative estimate of drug-likeness (QED) is 0.164. The van der Waals surface area contributed by atoms with E-state index in [1.54, 1.807) is 14.2 Å². The average Bonchev–Trinajstić information content (AvgIpc) is 2.94. The highest BCUT2D eigenvalue weighted by Gasteiger charge is 2.38. The maximum atomic E-state index is 8.73. The third-order valence-corrected chi connectivity index (χ3v) is 6.74. The normalized spacial score (nSPS) is 13.0. The summed E-state index contributed by atoms with van der Waals surface area (Å²) in [5.74, 6) is 1.52. The van der Waals surface area contributed by atoms with Crippen molar-refractivity contribution in [2.75, 3.05) is 27.4 Å². The molecule has 3 aromatic carbocycles. The molecule has 0 heterocycles. The molecule has 0 bridgehead atoms. The number of nitrogens with two attached hydrogens (primary N) is 1. The first-order valence-corrected chi connectivity index (χ1v) is 13.0. The summed E-state index contributed by atoms with van der Waals surface area (Å²) in [7, 11) is 1.67. The summed E-state index contributed by atoms with van der Waals surface area (Å²) in [5.41, 5.74) is 7.97. The summed E-state index contributed by atoms with van der Waals surface area (Å²) in [6.07, 6.45) is 0.634. The Balaban J connectivity index is 2.02. The number of ether oxygens (including phenoxy) is 3. The number of nitrogens with zero attached hydrogens (tertiary/aromatic N) is 1. The van der Waals surface area contributed by atoms with Gasteiger partial charge in [-0.05, 0) is 47.4 Å². The predicted octanol–water partition coefficient (Wildman–Crippen LogP) is 5.92. The summed E-state index contributed by atoms with van der Waals surface area (Å²) >= 11 is 0. The molecule has 0 saturated carbocycles. The standard InChI is InChI=1S/C28H33N2O5P/c1-4-25(35-36(30)34-20-8-19-29)21-33-28(22-9-6-5-7-10-22,23-11-15-26(31-2)16-12-23)24-13-17-27(32-3)18-14-24/h5-7,9-18,25H,4,8,20-21,30H2,1-3H3. The third-order valence-electron chi connectivity index (χ3n) is 5.80. The Morgan fingerprint density at radius 1 is 0.861 bits per heavy atom. The highest BCUT2D eigenvalue weighted by molar-refractivity contribution is 7.44. The number of hydrogen-bond donors (Lipinski definition) is 1. The molecule has 0 radical (unpaired) electrons. The number of rotatable bonds is 14. The number of methoxy groups -OCH3 is 2. The van der Waals surface area contributed by atoms with Gasteiger partial charge in [-0.25, -0.2) is 0 Å². The minimum Gasteiger partial charge on any atom is -0.497 e. The van der Waals surface area contributed by atoms with Crippen LogP contribution < -0.4 is 15.0 Å². The molecule has 0 aromatic heterocycles. The van der Waals surface area contributed by atoms with E-state index in [1.165, 1.54) is 0 Å². The molecule has 2 atom stereocenters. The van der Waals surface area contributed by atoms with Crippen LogP contribution in [0.5, 0.6) is 11.5 Å². The van der Waals surface area contributed by atoms with Gasteiger partial charge < -0.3 is 23.3 Å². The molecule has 3 aromatic rings. The van der Waals surface area contributed by atoms with Gasteiger partial charge in [-0.3, -0.25) is 5.50 Å². The lowest BCUT2D eigenvalue weighted by Crippen LogP contribution is -2.36. The maximum Gasteiger partial charge on any atom is 0.253 e. The summed E-state index contributed by atoms with van der Waals surface area (Å²) in [6, 6.07) is 27.9. The minimum absolute atomic E-state index is 0.238. The Hall–Kier alpha value is -2.98. The van der Waals surface area contributed by atoms with Crippen LogP contribution in [0.25, 0.3) is 0 Å². The molecule has 2 N–H and O–H groups in total. The summed E-state index contributed by atoms with van der Waals surface area (Å²) in [5, 5.41) is 8.73. The zero-order valence-electron chi connectivity index (χ0n) is 20.9. The monoisotopic (exact) mass is 508 g/mol. The van der Waals surface area contributed by atoms with E-state index in [1.807, 2.05) is 79.7 Å². The molecule has 0 aliphatic carbocycles. The van der Waals surface area contributed by atoms with Crippen molar-refractivity contribution >= 4 is 8.53 Å². The lowest BCUT2D eigenvalue weighted by atomic mass is 9.80. The first-order valence-electron chi connectivity index (χ1n) is 11.8. The highest BCUT2D eigenvalue weighted by Crippen LogP contribution is 2.42. The van der Waals surface area contributed by atoms with E-state index in [0.29, 0.717) is 6.42 Å². The van der Waals surface area contributed by atoms with Crippen LogP contribution in [0.4, 0.5) is 0 Å². The van der Waals surface area contributed by atoms with Gasteiger partial charge in [0.2, 0.25) is 0 Å². The Morgan fingerprint density at radius 2 is 1.39 bits per heavy atom. The Kier molecular flexibility index (Phi) is 10.7. The molecule has 0 saturated heterocycles. The molecule has 2 unspecified atom stereocenters. The topological polar surface area (TPSA) is 96.0 Å². The van der Waals surface area contributed by atoms with Gasteiger partial charge in [-0.2, -0.15) is 5.26 Å². The van der Waals surface area contributed by atoms with E-state index in [9.17, 15) is 0 Å². The van der Waals surface area contributed by atoms with Gasteiger partial charge in [0.05, 0.1) is 46.0 Å².